The summed E-state index contributed by atoms with van der Waals surface area (Å²) < 4.78 is 66.0. The molecule has 1 atom stereocenters. The first-order valence-corrected chi connectivity index (χ1v) is 52.8. The van der Waals surface area contributed by atoms with Gasteiger partial charge in [-0.15, -0.1) is 0 Å². The second-order valence-corrected chi connectivity index (χ2v) is 42.2. The van der Waals surface area contributed by atoms with Crippen molar-refractivity contribution in [1.82, 2.24) is 28.7 Å². The molecule has 15 aromatic carbocycles. The van der Waals surface area contributed by atoms with E-state index in [9.17, 15) is 27.9 Å². The third kappa shape index (κ3) is 36.5. The number of fused-ring (bicyclic) bond motifs is 3. The van der Waals surface area contributed by atoms with Crippen LogP contribution in [0, 0.1) is 17.1 Å². The molecule has 3 aromatic heterocycles. The third-order valence-corrected chi connectivity index (χ3v) is 28.9. The molecule has 24 heteroatoms. The largest absolute Gasteiger partial charge is 2.00 e. The third-order valence-electron chi connectivity index (χ3n) is 20.8. The second-order valence-electron chi connectivity index (χ2n) is 33.2. The van der Waals surface area contributed by atoms with Gasteiger partial charge < -0.3 is 59.9 Å². The van der Waals surface area contributed by atoms with Crippen LogP contribution in [0.2, 0.25) is 0 Å². The fourth-order valence-corrected chi connectivity index (χ4v) is 20.4. The Morgan fingerprint density at radius 1 is 0.423 bits per heavy atom. The molecule has 142 heavy (non-hydrogen) atoms. The van der Waals surface area contributed by atoms with Crippen molar-refractivity contribution in [2.75, 3.05) is 0 Å². The first kappa shape index (κ1) is 117. The number of rotatable bonds is 23. The molecule has 0 saturated heterocycles. The van der Waals surface area contributed by atoms with Crippen LogP contribution in [0.1, 0.15) is 125 Å². The molecular formula is C118H113Br2ClF3I3MgN6O6P2. The van der Waals surface area contributed by atoms with Crippen molar-refractivity contribution in [1.29, 1.82) is 0 Å². The van der Waals surface area contributed by atoms with Crippen LogP contribution in [-0.2, 0) is 21.9 Å². The summed E-state index contributed by atoms with van der Waals surface area (Å²) in [6.45, 7) is 19.8. The molecule has 0 radical (unpaired) electrons. The van der Waals surface area contributed by atoms with E-state index in [1.165, 1.54) is 79.9 Å². The van der Waals surface area contributed by atoms with Gasteiger partial charge in [0.15, 0.2) is 5.60 Å². The topological polar surface area (TPSA) is 136 Å². The van der Waals surface area contributed by atoms with Gasteiger partial charge in [-0.2, -0.15) is 27.0 Å². The number of carbonyl (C=O) groups excluding carboxylic acids is 2. The molecule has 18 aromatic rings. The van der Waals surface area contributed by atoms with Crippen LogP contribution in [0.4, 0.5) is 13.2 Å². The standard InChI is InChI=1S/C27H25F3N2O2.C24H21IN2O.C19H16IP.C18H15P.C17H16N2O2.C7H6BrI.C3H6O.C3H7.BrH.ClH.Mg/c1-18(2)34-23-13-11-22(12-14-23)32-17-31-24-16-20(8-15-25(24)32)5-4-19-6-9-21(10-7-19)26(3,33)27(28,29)30;1-17(2)28-22-12-10-21(11-13-22)27-16-26-23-15-19(7-14-24(23)27)4-3-18-5-8-20(25)9-6-18;20-17-13-11-16(12-14-17)15-21(18-7-3-1-4-8-18)19-9-5-2-6-10-19;1-4-10-16(11-5-1)19(17-12-6-2-7-13-17)18-14-8-3-9-15-18;1-12(2)21-15-6-4-14(5-7-15)19-11-18-16-9-13(10-20)3-8-17(16)19;8-5-6-1-3-7(9)4-2-6;1-3(2)4;1-3-2;;;/h4-18,33H,1-3H3;3-17H,1-2H3;1-14H,15H2;1-15H;3-12H,1-2H3;1-4H,5H2;1-2H3;3H,1-2H3;2*1H;/q;;;;;;;-1;;;+2/p-1/b5-4-;4-3-;;;;;;;;;. The van der Waals surface area contributed by atoms with Crippen LogP contribution >= 0.6 is 99.5 Å². The minimum absolute atomic E-state index is 0. The molecule has 0 aliphatic carbocycles. The number of hydrogen-bond donors (Lipinski definition) is 1. The molecule has 0 spiro atoms. The first-order chi connectivity index (χ1) is 67.0. The zero-order chi connectivity index (χ0) is 99.2. The van der Waals surface area contributed by atoms with Gasteiger partial charge in [-0.05, 0) is 369 Å². The van der Waals surface area contributed by atoms with Gasteiger partial charge in [-0.3, -0.25) is 18.5 Å². The zero-order valence-corrected chi connectivity index (χ0v) is 94.6. The average Bonchev–Trinajstić information content (AvgIpc) is 0.943. The van der Waals surface area contributed by atoms with Crippen molar-refractivity contribution in [3.05, 3.63) is 457 Å². The Labute approximate surface area is 918 Å². The number of ketones is 1. The predicted molar refractivity (Wildman–Crippen MR) is 613 cm³/mol. The molecule has 0 fully saturated rings. The summed E-state index contributed by atoms with van der Waals surface area (Å²) in [7, 11) is -1.21. The van der Waals surface area contributed by atoms with Crippen LogP contribution in [0.5, 0.6) is 17.2 Å². The van der Waals surface area contributed by atoms with Gasteiger partial charge in [0.05, 0.1) is 76.1 Å². The van der Waals surface area contributed by atoms with Crippen LogP contribution in [0.15, 0.2) is 395 Å². The SMILES string of the molecule is BrCc1ccc(I)cc1.CC(C)=O.CC(C)Oc1ccc(-n2cnc3cc(/C=C\c4ccc(C(C)(O)C(F)(F)F)cc4)ccc32)cc1.CC(C)Oc1ccc(-n2cnc3cc(/C=C\c4ccc(I)cc4)ccc32)cc1.CC(C)Oc1ccc(-n2cnc3cc(C=O)ccc32)cc1.C[CH-]C.Ic1ccc(C[PH+](c2ccccc2)c2ccccc2)cc1.[Br-].[Cl-].[Mg+2].c1ccc(P(c2ccccc2)c2ccccc2)cc1. The molecule has 0 bridgehead atoms. The molecule has 0 saturated carbocycles. The van der Waals surface area contributed by atoms with Gasteiger partial charge in [-0.1, -0.05) is 240 Å². The van der Waals surface area contributed by atoms with Gasteiger partial charge in [-0.25, -0.2) is 15.0 Å². The van der Waals surface area contributed by atoms with Crippen LogP contribution in [0.25, 0.3) is 74.5 Å². The van der Waals surface area contributed by atoms with E-state index in [2.05, 4.69) is 370 Å². The Bertz CT molecular complexity index is 6730. The Morgan fingerprint density at radius 2 is 0.690 bits per heavy atom. The number of aromatic nitrogens is 6. The van der Waals surface area contributed by atoms with Crippen molar-refractivity contribution >= 4 is 219 Å². The summed E-state index contributed by atoms with van der Waals surface area (Å²) in [6, 6.07) is 127. The number of carbonyl (C=O) groups is 2. The van der Waals surface area contributed by atoms with Crippen molar-refractivity contribution in [2.24, 2.45) is 0 Å². The van der Waals surface area contributed by atoms with E-state index in [1.807, 2.05) is 168 Å². The van der Waals surface area contributed by atoms with Gasteiger partial charge in [0.25, 0.3) is 0 Å². The molecule has 726 valence electrons. The van der Waals surface area contributed by atoms with Crippen molar-refractivity contribution in [2.45, 2.75) is 118 Å². The smallest absolute Gasteiger partial charge is 1.00 e. The molecule has 0 aliphatic rings. The number of benzene rings is 15. The number of ether oxygens (including phenoxy) is 3. The number of imidazole rings is 3. The molecule has 18 rings (SSSR count). The predicted octanol–water partition coefficient (Wildman–Crippen LogP) is 23.7. The number of aliphatic hydroxyl groups is 1. The molecule has 0 amide bonds. The van der Waals surface area contributed by atoms with Crippen molar-refractivity contribution in [3.63, 3.8) is 0 Å². The van der Waals surface area contributed by atoms with Crippen molar-refractivity contribution < 1.29 is 71.5 Å². The molecule has 1 unspecified atom stereocenters. The van der Waals surface area contributed by atoms with E-state index in [4.69, 9.17) is 14.2 Å². The van der Waals surface area contributed by atoms with Gasteiger partial charge in [0, 0.05) is 38.7 Å². The number of nitrogens with zero attached hydrogens (tertiary/aromatic N) is 6. The fraction of sp³-hybridized carbons (Fsp3) is 0.153. The van der Waals surface area contributed by atoms with Crippen LogP contribution in [0.3, 0.4) is 0 Å². The minimum Gasteiger partial charge on any atom is -1.00 e. The summed E-state index contributed by atoms with van der Waals surface area (Å²) in [4.78, 5) is 33.7. The Kier molecular flexibility index (Phi) is 49.3. The Morgan fingerprint density at radius 3 is 0.986 bits per heavy atom. The van der Waals surface area contributed by atoms with E-state index in [0.717, 1.165) is 109 Å². The van der Waals surface area contributed by atoms with Crippen LogP contribution < -0.4 is 70.1 Å². The number of halogens is 9. The number of hydrogen-bond acceptors (Lipinski definition) is 9. The van der Waals surface area contributed by atoms with E-state index in [0.29, 0.717) is 5.56 Å². The second kappa shape index (κ2) is 59.9. The number of alkyl halides is 4. The minimum atomic E-state index is -4.74. The summed E-state index contributed by atoms with van der Waals surface area (Å²) in [5.74, 6) is 2.71. The molecule has 0 aliphatic heterocycles. The zero-order valence-electron chi connectivity index (χ0n) is 80.9. The Hall–Kier alpha value is -10.3. The molecule has 3 heterocycles. The maximum Gasteiger partial charge on any atom is 2.00 e. The quantitative estimate of drug-likeness (QED) is 0.0126. The molecule has 1 N–H and O–H groups in total. The van der Waals surface area contributed by atoms with E-state index in [-0.39, 0.29) is 82.1 Å². The average molecular weight is 2430 g/mol. The van der Waals surface area contributed by atoms with E-state index < -0.39 is 27.6 Å². The summed E-state index contributed by atoms with van der Waals surface area (Å²) in [5, 5.41) is 17.9. The number of Topliss-reactive ketones (excluding diaryl/α,β-unsaturated/α-hetero) is 1. The summed E-state index contributed by atoms with van der Waals surface area (Å²) in [6.07, 6.45) is 13.0. The van der Waals surface area contributed by atoms with Crippen LogP contribution in [-0.4, -0.2) is 93.4 Å². The summed E-state index contributed by atoms with van der Waals surface area (Å²) in [5.41, 5.74) is 12.9. The fourth-order valence-electron chi connectivity index (χ4n) is 14.1. The monoisotopic (exact) mass is 2430 g/mol. The molecular weight excluding hydrogens is 2320 g/mol. The van der Waals surface area contributed by atoms with E-state index >= 15 is 0 Å². The Balaban J connectivity index is 0.000000210. The van der Waals surface area contributed by atoms with Gasteiger partial charge in [0.2, 0.25) is 0 Å². The summed E-state index contributed by atoms with van der Waals surface area (Å²) >= 11 is 10.4. The van der Waals surface area contributed by atoms with E-state index in [1.54, 1.807) is 43.0 Å². The number of aldehydes is 1. The maximum atomic E-state index is 13.0. The maximum absolute atomic E-state index is 13.0. The van der Waals surface area contributed by atoms with Gasteiger partial charge >= 0.3 is 29.2 Å². The van der Waals surface area contributed by atoms with Crippen molar-refractivity contribution in [3.8, 4) is 34.3 Å². The molecule has 12 nitrogen and oxygen atoms in total. The normalized spacial score (nSPS) is 11.2. The van der Waals surface area contributed by atoms with Gasteiger partial charge in [0.1, 0.15) is 48.3 Å². The first-order valence-electron chi connectivity index (χ1n) is 45.4.